The van der Waals surface area contributed by atoms with Crippen molar-refractivity contribution in [1.82, 2.24) is 5.43 Å². The molecule has 0 aromatic heterocycles. The summed E-state index contributed by atoms with van der Waals surface area (Å²) in [6, 6.07) is 19.7. The minimum absolute atomic E-state index is 0.0341. The summed E-state index contributed by atoms with van der Waals surface area (Å²) < 4.78 is 19.6. The number of hydrogen-bond donors (Lipinski definition) is 3. The van der Waals surface area contributed by atoms with Crippen LogP contribution in [-0.2, 0) is 14.4 Å². The first-order valence-electron chi connectivity index (χ1n) is 10.8. The highest BCUT2D eigenvalue weighted by molar-refractivity contribution is 9.10. The lowest BCUT2D eigenvalue weighted by Gasteiger charge is -2.18. The molecule has 3 N–H and O–H groups in total. The maximum atomic E-state index is 13.2. The van der Waals surface area contributed by atoms with Crippen LogP contribution in [0.1, 0.15) is 6.42 Å². The molecule has 4 rings (SSSR count). The molecule has 0 bridgehead atoms. The molecule has 0 aliphatic carbocycles. The van der Waals surface area contributed by atoms with Gasteiger partial charge in [0, 0.05) is 28.8 Å². The number of para-hydroxylation sites is 1. The van der Waals surface area contributed by atoms with E-state index in [4.69, 9.17) is 4.74 Å². The number of halogens is 2. The Morgan fingerprint density at radius 1 is 1.06 bits per heavy atom. The number of rotatable bonds is 8. The monoisotopic (exact) mass is 540 g/mol. The third-order valence-electron chi connectivity index (χ3n) is 5.31. The van der Waals surface area contributed by atoms with E-state index in [1.165, 1.54) is 29.2 Å². The summed E-state index contributed by atoms with van der Waals surface area (Å²) in [5.74, 6) is -1.56. The highest BCUT2D eigenvalue weighted by Crippen LogP contribution is 2.29. The summed E-state index contributed by atoms with van der Waals surface area (Å²) >= 11 is 3.38. The summed E-state index contributed by atoms with van der Waals surface area (Å²) in [4.78, 5) is 38.8. The number of nitrogens with one attached hydrogen (secondary N) is 3. The molecule has 1 aliphatic heterocycles. The topological polar surface area (TPSA) is 99.8 Å². The highest BCUT2D eigenvalue weighted by Gasteiger charge is 2.35. The van der Waals surface area contributed by atoms with Crippen molar-refractivity contribution in [2.45, 2.75) is 6.42 Å². The number of hydrazine groups is 1. The molecule has 180 valence electrons. The smallest absolute Gasteiger partial charge is 0.262 e. The molecule has 3 aromatic carbocycles. The Balaban J connectivity index is 1.34. The highest BCUT2D eigenvalue weighted by atomic mass is 79.9. The molecule has 0 radical (unpaired) electrons. The van der Waals surface area contributed by atoms with Gasteiger partial charge in [0.15, 0.2) is 6.61 Å². The number of amides is 3. The van der Waals surface area contributed by atoms with Gasteiger partial charge in [-0.15, -0.1) is 0 Å². The molecule has 0 saturated carbocycles. The van der Waals surface area contributed by atoms with Crippen LogP contribution in [0.5, 0.6) is 5.75 Å². The van der Waals surface area contributed by atoms with Crippen molar-refractivity contribution < 1.29 is 23.5 Å². The van der Waals surface area contributed by atoms with E-state index in [1.54, 1.807) is 30.3 Å². The minimum atomic E-state index is -0.590. The van der Waals surface area contributed by atoms with Gasteiger partial charge in [0.1, 0.15) is 11.6 Å². The van der Waals surface area contributed by atoms with Gasteiger partial charge < -0.3 is 15.0 Å². The minimum Gasteiger partial charge on any atom is -0.482 e. The lowest BCUT2D eigenvalue weighted by molar-refractivity contribution is -0.125. The second kappa shape index (κ2) is 11.0. The average Bonchev–Trinajstić information content (AvgIpc) is 3.24. The average molecular weight is 541 g/mol. The molecule has 3 aromatic rings. The SMILES string of the molecule is O=C(COc1ccc(Br)cc1NNC(=O)[C@@H]1CC(=O)N(c2ccc(F)cc2)C1)Nc1ccccc1. The number of hydrogen-bond acceptors (Lipinski definition) is 5. The van der Waals surface area contributed by atoms with Crippen LogP contribution in [0.25, 0.3) is 0 Å². The molecule has 1 fully saturated rings. The molecule has 0 unspecified atom stereocenters. The number of nitrogens with zero attached hydrogens (tertiary/aromatic N) is 1. The quantitative estimate of drug-likeness (QED) is 0.373. The molecule has 10 heteroatoms. The maximum absolute atomic E-state index is 13.2. The Labute approximate surface area is 209 Å². The van der Waals surface area contributed by atoms with E-state index >= 15 is 0 Å². The summed E-state index contributed by atoms with van der Waals surface area (Å²) in [5, 5.41) is 2.73. The second-order valence-electron chi connectivity index (χ2n) is 7.84. The fourth-order valence-corrected chi connectivity index (χ4v) is 3.93. The molecule has 1 aliphatic rings. The largest absolute Gasteiger partial charge is 0.482 e. The zero-order valence-electron chi connectivity index (χ0n) is 18.5. The summed E-state index contributed by atoms with van der Waals surface area (Å²) in [6.45, 7) is -0.0532. The van der Waals surface area contributed by atoms with E-state index in [0.717, 1.165) is 4.47 Å². The Morgan fingerprint density at radius 2 is 1.80 bits per heavy atom. The van der Waals surface area contributed by atoms with Gasteiger partial charge in [-0.1, -0.05) is 34.1 Å². The molecular formula is C25H22BrFN4O4. The van der Waals surface area contributed by atoms with Gasteiger partial charge in [0.2, 0.25) is 11.8 Å². The molecule has 3 amide bonds. The van der Waals surface area contributed by atoms with Crippen molar-refractivity contribution in [3.05, 3.63) is 83.1 Å². The molecule has 35 heavy (non-hydrogen) atoms. The zero-order valence-corrected chi connectivity index (χ0v) is 20.0. The van der Waals surface area contributed by atoms with Crippen LogP contribution >= 0.6 is 15.9 Å². The van der Waals surface area contributed by atoms with Crippen molar-refractivity contribution >= 4 is 50.7 Å². The van der Waals surface area contributed by atoms with Crippen LogP contribution in [0, 0.1) is 11.7 Å². The third-order valence-corrected chi connectivity index (χ3v) is 5.81. The zero-order chi connectivity index (χ0) is 24.8. The molecule has 1 heterocycles. The Morgan fingerprint density at radius 3 is 2.54 bits per heavy atom. The summed E-state index contributed by atoms with van der Waals surface area (Å²) in [5.41, 5.74) is 7.05. The van der Waals surface area contributed by atoms with Gasteiger partial charge in [-0.05, 0) is 54.6 Å². The third kappa shape index (κ3) is 6.36. The number of carbonyl (C=O) groups excluding carboxylic acids is 3. The van der Waals surface area contributed by atoms with E-state index in [2.05, 4.69) is 32.1 Å². The van der Waals surface area contributed by atoms with Crippen molar-refractivity contribution in [3.63, 3.8) is 0 Å². The van der Waals surface area contributed by atoms with Crippen LogP contribution in [0.4, 0.5) is 21.5 Å². The van der Waals surface area contributed by atoms with Crippen molar-refractivity contribution in [3.8, 4) is 5.75 Å². The maximum Gasteiger partial charge on any atom is 0.262 e. The van der Waals surface area contributed by atoms with Crippen LogP contribution in [0.15, 0.2) is 77.3 Å². The Kier molecular flexibility index (Phi) is 7.61. The first-order valence-corrected chi connectivity index (χ1v) is 11.6. The van der Waals surface area contributed by atoms with Crippen LogP contribution < -0.4 is 25.8 Å². The van der Waals surface area contributed by atoms with E-state index in [9.17, 15) is 18.8 Å². The second-order valence-corrected chi connectivity index (χ2v) is 8.76. The Bertz CT molecular complexity index is 1220. The van der Waals surface area contributed by atoms with Crippen molar-refractivity contribution in [2.24, 2.45) is 5.92 Å². The van der Waals surface area contributed by atoms with Gasteiger partial charge in [-0.2, -0.15) is 0 Å². The number of ether oxygens (including phenoxy) is 1. The normalized spacial score (nSPS) is 15.0. The first kappa shape index (κ1) is 24.2. The fraction of sp³-hybridized carbons (Fsp3) is 0.160. The van der Waals surface area contributed by atoms with Crippen molar-refractivity contribution in [2.75, 3.05) is 28.8 Å². The van der Waals surface area contributed by atoms with Gasteiger partial charge in [-0.25, -0.2) is 4.39 Å². The van der Waals surface area contributed by atoms with E-state index in [0.29, 0.717) is 22.8 Å². The number of carbonyl (C=O) groups is 3. The van der Waals surface area contributed by atoms with Gasteiger partial charge in [0.25, 0.3) is 5.91 Å². The van der Waals surface area contributed by atoms with Gasteiger partial charge in [-0.3, -0.25) is 25.2 Å². The lowest BCUT2D eigenvalue weighted by Crippen LogP contribution is -2.36. The van der Waals surface area contributed by atoms with Crippen LogP contribution in [0.3, 0.4) is 0 Å². The molecule has 1 atom stereocenters. The number of benzene rings is 3. The fourth-order valence-electron chi connectivity index (χ4n) is 3.57. The van der Waals surface area contributed by atoms with Gasteiger partial charge >= 0.3 is 0 Å². The van der Waals surface area contributed by atoms with Crippen molar-refractivity contribution in [1.29, 1.82) is 0 Å². The van der Waals surface area contributed by atoms with Gasteiger partial charge in [0.05, 0.1) is 11.6 Å². The molecule has 8 nitrogen and oxygen atoms in total. The van der Waals surface area contributed by atoms with E-state index < -0.39 is 11.7 Å². The van der Waals surface area contributed by atoms with Crippen LogP contribution in [-0.4, -0.2) is 30.9 Å². The standard InChI is InChI=1S/C25H22BrFN4O4/c26-17-6-11-22(35-15-23(32)28-19-4-2-1-3-5-19)21(13-17)29-30-25(34)16-12-24(33)31(14-16)20-9-7-18(27)8-10-20/h1-11,13,16,29H,12,14-15H2,(H,28,32)(H,30,34)/t16-/m1/s1. The molecular weight excluding hydrogens is 519 g/mol. The summed E-state index contributed by atoms with van der Waals surface area (Å²) in [7, 11) is 0. The first-order chi connectivity index (χ1) is 16.9. The Hall–Kier alpha value is -3.92. The summed E-state index contributed by atoms with van der Waals surface area (Å²) in [6.07, 6.45) is 0.0341. The molecule has 1 saturated heterocycles. The lowest BCUT2D eigenvalue weighted by atomic mass is 10.1. The predicted octanol–water partition coefficient (Wildman–Crippen LogP) is 4.10. The number of anilines is 3. The predicted molar refractivity (Wildman–Crippen MR) is 133 cm³/mol. The van der Waals surface area contributed by atoms with E-state index in [1.807, 2.05) is 18.2 Å². The van der Waals surface area contributed by atoms with E-state index in [-0.39, 0.29) is 37.3 Å². The molecule has 0 spiro atoms. The van der Waals surface area contributed by atoms with Crippen LogP contribution in [0.2, 0.25) is 0 Å².